The third-order valence-corrected chi connectivity index (χ3v) is 7.34. The monoisotopic (exact) mass is 443 g/mol. The number of anilines is 1. The molecule has 1 heterocycles. The van der Waals surface area contributed by atoms with Gasteiger partial charge in [0.15, 0.2) is 6.10 Å². The van der Waals surface area contributed by atoms with E-state index in [4.69, 9.17) is 9.47 Å². The molecule has 2 unspecified atom stereocenters. The van der Waals surface area contributed by atoms with Crippen molar-refractivity contribution in [1.82, 2.24) is 0 Å². The van der Waals surface area contributed by atoms with Crippen LogP contribution in [0.15, 0.2) is 42.5 Å². The van der Waals surface area contributed by atoms with E-state index in [0.717, 1.165) is 35.3 Å². The van der Waals surface area contributed by atoms with Crippen LogP contribution < -0.4 is 10.1 Å². The molecule has 1 saturated heterocycles. The molecular weight excluding hydrogens is 410 g/mol. The highest BCUT2D eigenvalue weighted by Crippen LogP contribution is 2.28. The number of rotatable bonds is 8. The summed E-state index contributed by atoms with van der Waals surface area (Å²) in [5, 5.41) is 3.12. The van der Waals surface area contributed by atoms with Gasteiger partial charge in [-0.1, -0.05) is 38.1 Å². The standard InChI is InChI=1S/C25H33NO4S/c1-17(2)23-9-8-18(3)14-24(23)30-19(4)25(27)26-21-7-5-6-20(15-21)16-31(28)22-10-12-29-13-11-22/h5-9,14-15,17,19,22H,10-13,16H2,1-4H3,(H,26,27). The lowest BCUT2D eigenvalue weighted by Crippen LogP contribution is -2.30. The Balaban J connectivity index is 1.62. The maximum Gasteiger partial charge on any atom is 0.265 e. The van der Waals surface area contributed by atoms with Gasteiger partial charge < -0.3 is 14.8 Å². The Morgan fingerprint density at radius 3 is 2.61 bits per heavy atom. The molecule has 1 amide bonds. The van der Waals surface area contributed by atoms with Gasteiger partial charge in [-0.15, -0.1) is 0 Å². The van der Waals surface area contributed by atoms with Crippen LogP contribution in [0.4, 0.5) is 5.69 Å². The Labute approximate surface area is 188 Å². The van der Waals surface area contributed by atoms with Crippen molar-refractivity contribution >= 4 is 22.4 Å². The maximum absolute atomic E-state index is 12.8. The van der Waals surface area contributed by atoms with Crippen molar-refractivity contribution in [1.29, 1.82) is 0 Å². The number of carbonyl (C=O) groups excluding carboxylic acids is 1. The van der Waals surface area contributed by atoms with Crippen LogP contribution in [-0.4, -0.2) is 34.7 Å². The lowest BCUT2D eigenvalue weighted by Gasteiger charge is -2.21. The van der Waals surface area contributed by atoms with Gasteiger partial charge in [-0.25, -0.2) is 0 Å². The molecule has 2 aromatic carbocycles. The highest BCUT2D eigenvalue weighted by molar-refractivity contribution is 7.84. The summed E-state index contributed by atoms with van der Waals surface area (Å²) in [7, 11) is -0.941. The first kappa shape index (κ1) is 23.5. The van der Waals surface area contributed by atoms with Crippen LogP contribution in [0.1, 0.15) is 56.2 Å². The number of hydrogen-bond donors (Lipinski definition) is 1. The Hall–Kier alpha value is -2.18. The molecule has 1 fully saturated rings. The minimum atomic E-state index is -0.941. The first-order chi connectivity index (χ1) is 14.8. The molecule has 0 aromatic heterocycles. The second-order valence-electron chi connectivity index (χ2n) is 8.48. The number of benzene rings is 2. The van der Waals surface area contributed by atoms with Crippen molar-refractivity contribution in [2.45, 2.75) is 63.6 Å². The molecule has 2 atom stereocenters. The van der Waals surface area contributed by atoms with E-state index in [2.05, 4.69) is 31.3 Å². The van der Waals surface area contributed by atoms with E-state index in [1.165, 1.54) is 0 Å². The fraction of sp³-hybridized carbons (Fsp3) is 0.480. The molecule has 0 spiro atoms. The fourth-order valence-corrected chi connectivity index (χ4v) is 5.13. The minimum Gasteiger partial charge on any atom is -0.481 e. The van der Waals surface area contributed by atoms with E-state index < -0.39 is 16.9 Å². The highest BCUT2D eigenvalue weighted by atomic mass is 32.2. The summed E-state index contributed by atoms with van der Waals surface area (Å²) in [5.41, 5.74) is 3.83. The van der Waals surface area contributed by atoms with Crippen molar-refractivity contribution < 1.29 is 18.5 Å². The van der Waals surface area contributed by atoms with Crippen LogP contribution in [0.2, 0.25) is 0 Å². The van der Waals surface area contributed by atoms with Gasteiger partial charge in [-0.2, -0.15) is 0 Å². The quantitative estimate of drug-likeness (QED) is 0.627. The summed E-state index contributed by atoms with van der Waals surface area (Å²) in [6.07, 6.45) is 1.05. The van der Waals surface area contributed by atoms with Crippen molar-refractivity contribution in [3.8, 4) is 5.75 Å². The third kappa shape index (κ3) is 6.65. The third-order valence-electron chi connectivity index (χ3n) is 5.51. The Morgan fingerprint density at radius 1 is 1.16 bits per heavy atom. The summed E-state index contributed by atoms with van der Waals surface area (Å²) in [6, 6.07) is 13.7. The normalized spacial score (nSPS) is 16.7. The van der Waals surface area contributed by atoms with E-state index in [1.54, 1.807) is 6.92 Å². The van der Waals surface area contributed by atoms with Gasteiger partial charge in [-0.05, 0) is 67.5 Å². The SMILES string of the molecule is Cc1ccc(C(C)C)c(OC(C)C(=O)Nc2cccc(CS(=O)C3CCOCC3)c2)c1. The van der Waals surface area contributed by atoms with E-state index in [9.17, 15) is 9.00 Å². The molecule has 31 heavy (non-hydrogen) atoms. The predicted octanol–water partition coefficient (Wildman–Crippen LogP) is 4.95. The van der Waals surface area contributed by atoms with E-state index in [-0.39, 0.29) is 11.2 Å². The van der Waals surface area contributed by atoms with Crippen LogP contribution in [0.5, 0.6) is 5.75 Å². The van der Waals surface area contributed by atoms with Crippen LogP contribution in [0.25, 0.3) is 0 Å². The van der Waals surface area contributed by atoms with Crippen LogP contribution >= 0.6 is 0 Å². The van der Waals surface area contributed by atoms with Gasteiger partial charge in [0.1, 0.15) is 5.75 Å². The Bertz CT molecular complexity index is 921. The molecule has 5 nitrogen and oxygen atoms in total. The molecule has 2 aromatic rings. The van der Waals surface area contributed by atoms with Crippen molar-refractivity contribution in [3.63, 3.8) is 0 Å². The van der Waals surface area contributed by atoms with Crippen molar-refractivity contribution in [3.05, 3.63) is 59.2 Å². The summed E-state index contributed by atoms with van der Waals surface area (Å²) in [5.74, 6) is 1.33. The molecule has 3 rings (SSSR count). The zero-order chi connectivity index (χ0) is 22.4. The summed E-state index contributed by atoms with van der Waals surface area (Å²) < 4.78 is 24.1. The van der Waals surface area contributed by atoms with Crippen molar-refractivity contribution in [2.75, 3.05) is 18.5 Å². The fourth-order valence-electron chi connectivity index (χ4n) is 3.67. The molecular formula is C25H33NO4S. The van der Waals surface area contributed by atoms with Crippen molar-refractivity contribution in [2.24, 2.45) is 0 Å². The predicted molar refractivity (Wildman–Crippen MR) is 126 cm³/mol. The first-order valence-corrected chi connectivity index (χ1v) is 12.3. The number of amides is 1. The minimum absolute atomic E-state index is 0.185. The molecule has 6 heteroatoms. The smallest absolute Gasteiger partial charge is 0.265 e. The molecule has 0 radical (unpaired) electrons. The average molecular weight is 444 g/mol. The number of carbonyl (C=O) groups is 1. The van der Waals surface area contributed by atoms with Gasteiger partial charge in [0.05, 0.1) is 0 Å². The van der Waals surface area contributed by atoms with Crippen LogP contribution in [0.3, 0.4) is 0 Å². The summed E-state index contributed by atoms with van der Waals surface area (Å²) in [6.45, 7) is 9.35. The molecule has 0 saturated carbocycles. The van der Waals surface area contributed by atoms with Crippen LogP contribution in [-0.2, 0) is 26.1 Å². The highest BCUT2D eigenvalue weighted by Gasteiger charge is 2.21. The van der Waals surface area contributed by atoms with Gasteiger partial charge >= 0.3 is 0 Å². The lowest BCUT2D eigenvalue weighted by molar-refractivity contribution is -0.122. The molecule has 0 bridgehead atoms. The maximum atomic E-state index is 12.8. The van der Waals surface area contributed by atoms with Gasteiger partial charge in [0.2, 0.25) is 0 Å². The van der Waals surface area contributed by atoms with Gasteiger partial charge in [0.25, 0.3) is 5.91 Å². The Kier molecular flexibility index (Phi) is 8.27. The number of hydrogen-bond acceptors (Lipinski definition) is 4. The van der Waals surface area contributed by atoms with Gasteiger partial charge in [0, 0.05) is 40.7 Å². The lowest BCUT2D eigenvalue weighted by atomic mass is 10.0. The van der Waals surface area contributed by atoms with E-state index in [0.29, 0.717) is 30.6 Å². The zero-order valence-corrected chi connectivity index (χ0v) is 19.7. The molecule has 1 N–H and O–H groups in total. The Morgan fingerprint density at radius 2 is 1.90 bits per heavy atom. The average Bonchev–Trinajstić information content (AvgIpc) is 2.74. The molecule has 0 aliphatic carbocycles. The topological polar surface area (TPSA) is 64.6 Å². The second kappa shape index (κ2) is 10.9. The molecule has 168 valence electrons. The number of aryl methyl sites for hydroxylation is 1. The number of nitrogens with one attached hydrogen (secondary N) is 1. The first-order valence-electron chi connectivity index (χ1n) is 11.0. The molecule has 1 aliphatic rings. The largest absolute Gasteiger partial charge is 0.481 e. The zero-order valence-electron chi connectivity index (χ0n) is 18.9. The van der Waals surface area contributed by atoms with E-state index in [1.807, 2.05) is 37.3 Å². The number of ether oxygens (including phenoxy) is 2. The molecule has 1 aliphatic heterocycles. The van der Waals surface area contributed by atoms with Gasteiger partial charge in [-0.3, -0.25) is 9.00 Å². The summed E-state index contributed by atoms with van der Waals surface area (Å²) >= 11 is 0. The second-order valence-corrected chi connectivity index (χ2v) is 10.2. The van der Waals surface area contributed by atoms with E-state index >= 15 is 0 Å². The summed E-state index contributed by atoms with van der Waals surface area (Å²) in [4.78, 5) is 12.8. The van der Waals surface area contributed by atoms with Crippen LogP contribution in [0, 0.1) is 6.92 Å².